The van der Waals surface area contributed by atoms with E-state index in [9.17, 15) is 0 Å². The van der Waals surface area contributed by atoms with Crippen LogP contribution in [0, 0.1) is 0 Å². The summed E-state index contributed by atoms with van der Waals surface area (Å²) in [6.45, 7) is 6.06. The molecule has 1 aliphatic carbocycles. The summed E-state index contributed by atoms with van der Waals surface area (Å²) in [7, 11) is 0. The van der Waals surface area contributed by atoms with E-state index in [-0.39, 0.29) is 0 Å². The van der Waals surface area contributed by atoms with Crippen molar-refractivity contribution < 1.29 is 0 Å². The van der Waals surface area contributed by atoms with Crippen molar-refractivity contribution >= 4 is 10.8 Å². The lowest BCUT2D eigenvalue weighted by atomic mass is 10.0. The Labute approximate surface area is 133 Å². The van der Waals surface area contributed by atoms with Crippen LogP contribution in [0.2, 0.25) is 0 Å². The summed E-state index contributed by atoms with van der Waals surface area (Å²) < 4.78 is 0. The van der Waals surface area contributed by atoms with Gasteiger partial charge in [0.1, 0.15) is 0 Å². The normalized spacial score (nSPS) is 21.6. The Hall–Kier alpha value is -1.38. The van der Waals surface area contributed by atoms with Gasteiger partial charge in [-0.3, -0.25) is 9.80 Å². The number of benzene rings is 2. The van der Waals surface area contributed by atoms with Crippen LogP contribution in [0.25, 0.3) is 10.8 Å². The highest BCUT2D eigenvalue weighted by Crippen LogP contribution is 2.25. The molecular formula is C20H26N2. The predicted molar refractivity (Wildman–Crippen MR) is 93.1 cm³/mol. The molecule has 0 aromatic heterocycles. The second kappa shape index (κ2) is 6.39. The second-order valence-electron chi connectivity index (χ2n) is 6.89. The summed E-state index contributed by atoms with van der Waals surface area (Å²) in [4.78, 5) is 5.37. The molecule has 1 saturated carbocycles. The molecule has 2 aromatic carbocycles. The number of nitrogens with zero attached hydrogens (tertiary/aromatic N) is 2. The van der Waals surface area contributed by atoms with Gasteiger partial charge >= 0.3 is 0 Å². The van der Waals surface area contributed by atoms with Gasteiger partial charge in [0.2, 0.25) is 0 Å². The number of rotatable bonds is 3. The monoisotopic (exact) mass is 294 g/mol. The predicted octanol–water partition coefficient (Wildman–Crippen LogP) is 3.90. The molecule has 2 aromatic rings. The summed E-state index contributed by atoms with van der Waals surface area (Å²) >= 11 is 0. The third-order valence-electron chi connectivity index (χ3n) is 5.52. The molecule has 0 bridgehead atoms. The summed E-state index contributed by atoms with van der Waals surface area (Å²) in [5.74, 6) is 0. The van der Waals surface area contributed by atoms with Gasteiger partial charge in [0, 0.05) is 38.8 Å². The average molecular weight is 294 g/mol. The highest BCUT2D eigenvalue weighted by Gasteiger charge is 2.26. The molecule has 2 nitrogen and oxygen atoms in total. The van der Waals surface area contributed by atoms with Crippen molar-refractivity contribution in [1.29, 1.82) is 0 Å². The largest absolute Gasteiger partial charge is 0.298 e. The van der Waals surface area contributed by atoms with Gasteiger partial charge in [-0.05, 0) is 29.2 Å². The smallest absolute Gasteiger partial charge is 0.0240 e. The Morgan fingerprint density at radius 2 is 1.55 bits per heavy atom. The Bertz CT molecular complexity index is 617. The van der Waals surface area contributed by atoms with E-state index in [1.807, 2.05) is 0 Å². The van der Waals surface area contributed by atoms with Crippen LogP contribution in [0.5, 0.6) is 0 Å². The van der Waals surface area contributed by atoms with Crippen molar-refractivity contribution in [1.82, 2.24) is 9.80 Å². The van der Waals surface area contributed by atoms with Crippen molar-refractivity contribution in [3.63, 3.8) is 0 Å². The first kappa shape index (κ1) is 14.2. The summed E-state index contributed by atoms with van der Waals surface area (Å²) in [5.41, 5.74) is 1.48. The topological polar surface area (TPSA) is 6.48 Å². The van der Waals surface area contributed by atoms with Gasteiger partial charge < -0.3 is 0 Å². The van der Waals surface area contributed by atoms with Crippen molar-refractivity contribution in [2.75, 3.05) is 26.2 Å². The van der Waals surface area contributed by atoms with Crippen molar-refractivity contribution in [2.24, 2.45) is 0 Å². The lowest BCUT2D eigenvalue weighted by Crippen LogP contribution is -2.49. The maximum atomic E-state index is 2.74. The van der Waals surface area contributed by atoms with Gasteiger partial charge in [-0.25, -0.2) is 0 Å². The minimum atomic E-state index is 0.889. The quantitative estimate of drug-likeness (QED) is 0.847. The van der Waals surface area contributed by atoms with Crippen LogP contribution in [0.4, 0.5) is 0 Å². The van der Waals surface area contributed by atoms with Crippen molar-refractivity contribution in [2.45, 2.75) is 38.3 Å². The molecule has 0 amide bonds. The Morgan fingerprint density at radius 3 is 2.36 bits per heavy atom. The highest BCUT2D eigenvalue weighted by atomic mass is 15.3. The minimum Gasteiger partial charge on any atom is -0.298 e. The first-order chi connectivity index (χ1) is 10.9. The second-order valence-corrected chi connectivity index (χ2v) is 6.89. The van der Waals surface area contributed by atoms with E-state index in [1.165, 1.54) is 68.2 Å². The number of hydrogen-bond acceptors (Lipinski definition) is 2. The van der Waals surface area contributed by atoms with Crippen molar-refractivity contribution in [3.8, 4) is 0 Å². The molecule has 1 aliphatic heterocycles. The fraction of sp³-hybridized carbons (Fsp3) is 0.500. The Morgan fingerprint density at radius 1 is 0.818 bits per heavy atom. The molecule has 0 N–H and O–H groups in total. The van der Waals surface area contributed by atoms with Crippen LogP contribution in [-0.2, 0) is 6.54 Å². The lowest BCUT2D eigenvalue weighted by Gasteiger charge is -2.38. The minimum absolute atomic E-state index is 0.889. The van der Waals surface area contributed by atoms with Gasteiger partial charge in [0.15, 0.2) is 0 Å². The first-order valence-electron chi connectivity index (χ1n) is 8.83. The number of hydrogen-bond donors (Lipinski definition) is 0. The Kier molecular flexibility index (Phi) is 4.13. The molecule has 1 heterocycles. The molecule has 0 radical (unpaired) electrons. The molecule has 0 spiro atoms. The maximum absolute atomic E-state index is 2.74. The van der Waals surface area contributed by atoms with Crippen molar-refractivity contribution in [3.05, 3.63) is 48.0 Å². The van der Waals surface area contributed by atoms with Crippen LogP contribution in [0.3, 0.4) is 0 Å². The SMILES string of the molecule is c1ccc2c(CN3CCN(C4CCCC4)CC3)cccc2c1. The number of fused-ring (bicyclic) bond motifs is 1. The van der Waals surface area contributed by atoms with E-state index in [1.54, 1.807) is 0 Å². The van der Waals surface area contributed by atoms with Crippen LogP contribution in [0.1, 0.15) is 31.2 Å². The molecular weight excluding hydrogens is 268 g/mol. The van der Waals surface area contributed by atoms with Gasteiger partial charge in [-0.1, -0.05) is 55.3 Å². The van der Waals surface area contributed by atoms with Gasteiger partial charge in [-0.2, -0.15) is 0 Å². The van der Waals surface area contributed by atoms with E-state index >= 15 is 0 Å². The summed E-state index contributed by atoms with van der Waals surface area (Å²) in [6.07, 6.45) is 5.76. The molecule has 2 fully saturated rings. The zero-order valence-electron chi connectivity index (χ0n) is 13.4. The highest BCUT2D eigenvalue weighted by molar-refractivity contribution is 5.85. The molecule has 1 saturated heterocycles. The average Bonchev–Trinajstić information content (AvgIpc) is 3.10. The molecule has 0 unspecified atom stereocenters. The standard InChI is InChI=1S/C20H26N2/c1-4-11-20-17(6-1)7-5-8-18(20)16-21-12-14-22(15-13-21)19-9-2-3-10-19/h1,4-8,11,19H,2-3,9-10,12-16H2. The molecule has 0 atom stereocenters. The van der Waals surface area contributed by atoms with Gasteiger partial charge in [-0.15, -0.1) is 0 Å². The summed E-state index contributed by atoms with van der Waals surface area (Å²) in [5, 5.41) is 2.79. The molecule has 4 rings (SSSR count). The molecule has 22 heavy (non-hydrogen) atoms. The third-order valence-corrected chi connectivity index (χ3v) is 5.52. The van der Waals surface area contributed by atoms with E-state index in [0.717, 1.165) is 12.6 Å². The maximum Gasteiger partial charge on any atom is 0.0240 e. The zero-order chi connectivity index (χ0) is 14.8. The van der Waals surface area contributed by atoms with Crippen LogP contribution in [0.15, 0.2) is 42.5 Å². The molecule has 116 valence electrons. The zero-order valence-corrected chi connectivity index (χ0v) is 13.4. The lowest BCUT2D eigenvalue weighted by molar-refractivity contribution is 0.0939. The van der Waals surface area contributed by atoms with E-state index in [4.69, 9.17) is 0 Å². The van der Waals surface area contributed by atoms with Crippen LogP contribution in [-0.4, -0.2) is 42.0 Å². The van der Waals surface area contributed by atoms with Crippen LogP contribution >= 0.6 is 0 Å². The van der Waals surface area contributed by atoms with E-state index < -0.39 is 0 Å². The fourth-order valence-corrected chi connectivity index (χ4v) is 4.23. The summed E-state index contributed by atoms with van der Waals surface area (Å²) in [6, 6.07) is 16.4. The molecule has 2 aliphatic rings. The fourth-order valence-electron chi connectivity index (χ4n) is 4.23. The van der Waals surface area contributed by atoms with Crippen LogP contribution < -0.4 is 0 Å². The Balaban J connectivity index is 1.41. The third kappa shape index (κ3) is 2.90. The molecule has 2 heteroatoms. The number of piperazine rings is 1. The van der Waals surface area contributed by atoms with E-state index in [2.05, 4.69) is 52.3 Å². The van der Waals surface area contributed by atoms with E-state index in [0.29, 0.717) is 0 Å². The van der Waals surface area contributed by atoms with Gasteiger partial charge in [0.25, 0.3) is 0 Å². The first-order valence-corrected chi connectivity index (χ1v) is 8.83. The van der Waals surface area contributed by atoms with Gasteiger partial charge in [0.05, 0.1) is 0 Å².